The Morgan fingerprint density at radius 3 is 2.03 bits per heavy atom. The second kappa shape index (κ2) is 11.2. The Morgan fingerprint density at radius 1 is 0.750 bits per heavy atom. The van der Waals surface area contributed by atoms with Gasteiger partial charge in [-0.25, -0.2) is 13.1 Å². The number of hydrogen-bond acceptors (Lipinski definition) is 4. The molecular formula is C24H25N3O4S. The number of anilines is 1. The highest BCUT2D eigenvalue weighted by molar-refractivity contribution is 7.89. The number of carbonyl (C=O) groups excluding carboxylic acids is 2. The quantitative estimate of drug-likeness (QED) is 0.441. The van der Waals surface area contributed by atoms with Crippen LogP contribution in [0, 0.1) is 0 Å². The van der Waals surface area contributed by atoms with E-state index in [2.05, 4.69) is 15.4 Å². The molecule has 0 spiro atoms. The van der Waals surface area contributed by atoms with Crippen LogP contribution in [0.3, 0.4) is 0 Å². The van der Waals surface area contributed by atoms with Gasteiger partial charge in [0, 0.05) is 30.8 Å². The number of benzene rings is 3. The Labute approximate surface area is 187 Å². The van der Waals surface area contributed by atoms with Crippen LogP contribution in [0.25, 0.3) is 0 Å². The van der Waals surface area contributed by atoms with E-state index in [4.69, 9.17) is 0 Å². The topological polar surface area (TPSA) is 104 Å². The number of amides is 2. The van der Waals surface area contributed by atoms with Gasteiger partial charge in [0.1, 0.15) is 0 Å². The van der Waals surface area contributed by atoms with Gasteiger partial charge in [-0.2, -0.15) is 0 Å². The van der Waals surface area contributed by atoms with Crippen molar-refractivity contribution in [3.8, 4) is 0 Å². The molecular weight excluding hydrogens is 426 g/mol. The van der Waals surface area contributed by atoms with Crippen LogP contribution in [0.5, 0.6) is 0 Å². The Kier molecular flexibility index (Phi) is 8.13. The standard InChI is InChI=1S/C24H25N3O4S/c28-23(16-17-25-24(29)20-9-5-2-6-10-20)27-21-11-13-22(14-12-21)32(30,31)26-18-15-19-7-3-1-4-8-19/h1-14,26H,15-18H2,(H,25,29)(H,27,28). The molecule has 3 N–H and O–H groups in total. The summed E-state index contributed by atoms with van der Waals surface area (Å²) >= 11 is 0. The first kappa shape index (κ1) is 23.2. The predicted octanol–water partition coefficient (Wildman–Crippen LogP) is 2.97. The monoisotopic (exact) mass is 451 g/mol. The van der Waals surface area contributed by atoms with Crippen LogP contribution in [0.4, 0.5) is 5.69 Å². The van der Waals surface area contributed by atoms with E-state index in [0.717, 1.165) is 5.56 Å². The maximum absolute atomic E-state index is 12.4. The highest BCUT2D eigenvalue weighted by Gasteiger charge is 2.13. The molecule has 0 bridgehead atoms. The van der Waals surface area contributed by atoms with Crippen LogP contribution < -0.4 is 15.4 Å². The van der Waals surface area contributed by atoms with Crippen molar-refractivity contribution in [1.29, 1.82) is 0 Å². The van der Waals surface area contributed by atoms with Crippen LogP contribution in [0.15, 0.2) is 89.8 Å². The third-order valence-electron chi connectivity index (χ3n) is 4.67. The van der Waals surface area contributed by atoms with Gasteiger partial charge in [0.25, 0.3) is 5.91 Å². The van der Waals surface area contributed by atoms with Gasteiger partial charge in [-0.05, 0) is 48.4 Å². The van der Waals surface area contributed by atoms with Gasteiger partial charge in [0.05, 0.1) is 4.90 Å². The van der Waals surface area contributed by atoms with Crippen molar-refractivity contribution < 1.29 is 18.0 Å². The summed E-state index contributed by atoms with van der Waals surface area (Å²) < 4.78 is 27.5. The van der Waals surface area contributed by atoms with Gasteiger partial charge >= 0.3 is 0 Å². The number of nitrogens with one attached hydrogen (secondary N) is 3. The summed E-state index contributed by atoms with van der Waals surface area (Å²) in [5.41, 5.74) is 2.06. The molecule has 0 saturated heterocycles. The van der Waals surface area contributed by atoms with E-state index in [1.54, 1.807) is 24.3 Å². The molecule has 3 aromatic carbocycles. The lowest BCUT2D eigenvalue weighted by atomic mass is 10.2. The Morgan fingerprint density at radius 2 is 1.38 bits per heavy atom. The van der Waals surface area contributed by atoms with E-state index in [-0.39, 0.29) is 29.7 Å². The molecule has 8 heteroatoms. The van der Waals surface area contributed by atoms with Crippen LogP contribution in [-0.4, -0.2) is 33.3 Å². The third kappa shape index (κ3) is 7.04. The minimum Gasteiger partial charge on any atom is -0.352 e. The lowest BCUT2D eigenvalue weighted by molar-refractivity contribution is -0.116. The zero-order valence-corrected chi connectivity index (χ0v) is 18.3. The smallest absolute Gasteiger partial charge is 0.251 e. The summed E-state index contributed by atoms with van der Waals surface area (Å²) in [6.45, 7) is 0.483. The van der Waals surface area contributed by atoms with Crippen LogP contribution in [0.2, 0.25) is 0 Å². The molecule has 3 rings (SSSR count). The first-order chi connectivity index (χ1) is 15.4. The molecule has 0 aliphatic heterocycles. The fourth-order valence-electron chi connectivity index (χ4n) is 2.98. The fraction of sp³-hybridized carbons (Fsp3) is 0.167. The van der Waals surface area contributed by atoms with Crippen LogP contribution >= 0.6 is 0 Å². The summed E-state index contributed by atoms with van der Waals surface area (Å²) in [7, 11) is -3.64. The molecule has 0 fully saturated rings. The number of rotatable bonds is 10. The average molecular weight is 452 g/mol. The second-order valence-corrected chi connectivity index (χ2v) is 8.84. The highest BCUT2D eigenvalue weighted by Crippen LogP contribution is 2.14. The van der Waals surface area contributed by atoms with Gasteiger partial charge in [-0.1, -0.05) is 48.5 Å². The summed E-state index contributed by atoms with van der Waals surface area (Å²) in [6, 6.07) is 24.3. The number of hydrogen-bond donors (Lipinski definition) is 3. The number of sulfonamides is 1. The van der Waals surface area contributed by atoms with Crippen molar-refractivity contribution in [2.45, 2.75) is 17.7 Å². The van der Waals surface area contributed by atoms with E-state index in [1.807, 2.05) is 36.4 Å². The zero-order chi connectivity index (χ0) is 22.8. The molecule has 7 nitrogen and oxygen atoms in total. The number of carbonyl (C=O) groups is 2. The SMILES string of the molecule is O=C(CCNC(=O)c1ccccc1)Nc1ccc(S(=O)(=O)NCCc2ccccc2)cc1. The molecule has 0 unspecified atom stereocenters. The van der Waals surface area contributed by atoms with E-state index in [1.165, 1.54) is 24.3 Å². The predicted molar refractivity (Wildman–Crippen MR) is 124 cm³/mol. The second-order valence-electron chi connectivity index (χ2n) is 7.08. The van der Waals surface area contributed by atoms with Crippen LogP contribution in [0.1, 0.15) is 22.3 Å². The van der Waals surface area contributed by atoms with E-state index in [9.17, 15) is 18.0 Å². The molecule has 0 radical (unpaired) electrons. The highest BCUT2D eigenvalue weighted by atomic mass is 32.2. The van der Waals surface area contributed by atoms with E-state index in [0.29, 0.717) is 24.2 Å². The average Bonchev–Trinajstić information content (AvgIpc) is 2.80. The fourth-order valence-corrected chi connectivity index (χ4v) is 4.01. The van der Waals surface area contributed by atoms with E-state index < -0.39 is 10.0 Å². The Balaban J connectivity index is 1.44. The first-order valence-electron chi connectivity index (χ1n) is 10.2. The minimum atomic E-state index is -3.64. The zero-order valence-electron chi connectivity index (χ0n) is 17.5. The molecule has 166 valence electrons. The minimum absolute atomic E-state index is 0.0969. The third-order valence-corrected chi connectivity index (χ3v) is 6.15. The van der Waals surface area contributed by atoms with Crippen molar-refractivity contribution in [1.82, 2.24) is 10.0 Å². The van der Waals surface area contributed by atoms with Gasteiger partial charge in [0.2, 0.25) is 15.9 Å². The molecule has 32 heavy (non-hydrogen) atoms. The normalized spacial score (nSPS) is 11.0. The summed E-state index contributed by atoms with van der Waals surface area (Å²) in [5, 5.41) is 5.38. The maximum Gasteiger partial charge on any atom is 0.251 e. The Bertz CT molecular complexity index is 1130. The van der Waals surface area contributed by atoms with E-state index >= 15 is 0 Å². The summed E-state index contributed by atoms with van der Waals surface area (Å²) in [5.74, 6) is -0.525. The molecule has 0 aromatic heterocycles. The van der Waals surface area contributed by atoms with Crippen molar-refractivity contribution in [3.63, 3.8) is 0 Å². The molecule has 3 aromatic rings. The molecule has 0 aliphatic rings. The summed E-state index contributed by atoms with van der Waals surface area (Å²) in [4.78, 5) is 24.2. The molecule has 2 amide bonds. The van der Waals surface area contributed by atoms with Crippen LogP contribution in [-0.2, 0) is 21.2 Å². The molecule has 0 atom stereocenters. The van der Waals surface area contributed by atoms with Gasteiger partial charge in [-0.15, -0.1) is 0 Å². The molecule has 0 heterocycles. The Hall–Kier alpha value is -3.49. The first-order valence-corrected chi connectivity index (χ1v) is 11.7. The van der Waals surface area contributed by atoms with Gasteiger partial charge in [-0.3, -0.25) is 9.59 Å². The van der Waals surface area contributed by atoms with Crippen molar-refractivity contribution in [2.24, 2.45) is 0 Å². The van der Waals surface area contributed by atoms with Gasteiger partial charge in [0.15, 0.2) is 0 Å². The van der Waals surface area contributed by atoms with Crippen molar-refractivity contribution in [3.05, 3.63) is 96.1 Å². The van der Waals surface area contributed by atoms with Gasteiger partial charge < -0.3 is 10.6 Å². The summed E-state index contributed by atoms with van der Waals surface area (Å²) in [6.07, 6.45) is 0.689. The maximum atomic E-state index is 12.4. The lowest BCUT2D eigenvalue weighted by Gasteiger charge is -2.09. The largest absolute Gasteiger partial charge is 0.352 e. The molecule has 0 saturated carbocycles. The lowest BCUT2D eigenvalue weighted by Crippen LogP contribution is -2.27. The van der Waals surface area contributed by atoms with Crippen molar-refractivity contribution in [2.75, 3.05) is 18.4 Å². The van der Waals surface area contributed by atoms with Crippen molar-refractivity contribution >= 4 is 27.5 Å². The molecule has 0 aliphatic carbocycles.